The second kappa shape index (κ2) is 8.14. The molecule has 0 heterocycles. The molecule has 1 rings (SSSR count). The maximum absolute atomic E-state index is 13.7. The number of hydrogen-bond donors (Lipinski definition) is 1. The van der Waals surface area contributed by atoms with Crippen LogP contribution >= 0.6 is 0 Å². The van der Waals surface area contributed by atoms with Gasteiger partial charge in [-0.15, -0.1) is 0 Å². The average Bonchev–Trinajstić information content (AvgIpc) is 2.37. The lowest BCUT2D eigenvalue weighted by Gasteiger charge is -2.20. The molecule has 20 heavy (non-hydrogen) atoms. The first-order chi connectivity index (χ1) is 9.49. The molecule has 0 amide bonds. The van der Waals surface area contributed by atoms with Gasteiger partial charge < -0.3 is 19.3 Å². The molecular formula is C14H20F2O4. The van der Waals surface area contributed by atoms with Crippen LogP contribution in [-0.2, 0) is 9.47 Å². The predicted octanol–water partition coefficient (Wildman–Crippen LogP) is 2.80. The van der Waals surface area contributed by atoms with Gasteiger partial charge in [-0.2, -0.15) is 0 Å². The molecule has 6 heteroatoms. The Morgan fingerprint density at radius 3 is 2.25 bits per heavy atom. The van der Waals surface area contributed by atoms with Crippen LogP contribution < -0.4 is 4.74 Å². The Morgan fingerprint density at radius 2 is 1.75 bits per heavy atom. The van der Waals surface area contributed by atoms with E-state index in [0.29, 0.717) is 19.3 Å². The van der Waals surface area contributed by atoms with E-state index in [1.165, 1.54) is 6.92 Å². The van der Waals surface area contributed by atoms with E-state index in [2.05, 4.69) is 0 Å². The zero-order valence-electron chi connectivity index (χ0n) is 11.9. The first-order valence-corrected chi connectivity index (χ1v) is 6.52. The van der Waals surface area contributed by atoms with Gasteiger partial charge >= 0.3 is 0 Å². The fourth-order valence-corrected chi connectivity index (χ4v) is 1.71. The summed E-state index contributed by atoms with van der Waals surface area (Å²) in [6, 6.07) is 1.75. The summed E-state index contributed by atoms with van der Waals surface area (Å²) >= 11 is 0. The molecule has 4 nitrogen and oxygen atoms in total. The van der Waals surface area contributed by atoms with Crippen LogP contribution in [0.2, 0.25) is 0 Å². The van der Waals surface area contributed by atoms with E-state index in [-0.39, 0.29) is 17.9 Å². The van der Waals surface area contributed by atoms with Crippen LogP contribution in [0.25, 0.3) is 0 Å². The summed E-state index contributed by atoms with van der Waals surface area (Å²) in [4.78, 5) is 0. The summed E-state index contributed by atoms with van der Waals surface area (Å²) in [7, 11) is 0. The first-order valence-electron chi connectivity index (χ1n) is 6.52. The molecule has 0 saturated heterocycles. The zero-order valence-corrected chi connectivity index (χ0v) is 11.9. The third-order valence-corrected chi connectivity index (χ3v) is 2.56. The molecule has 0 bridgehead atoms. The molecule has 114 valence electrons. The summed E-state index contributed by atoms with van der Waals surface area (Å²) in [6.45, 7) is 5.79. The van der Waals surface area contributed by atoms with Crippen LogP contribution in [0.5, 0.6) is 5.75 Å². The van der Waals surface area contributed by atoms with Gasteiger partial charge in [0.05, 0.1) is 6.10 Å². The smallest absolute Gasteiger partial charge is 0.191 e. The Morgan fingerprint density at radius 1 is 1.15 bits per heavy atom. The van der Waals surface area contributed by atoms with Crippen LogP contribution in [-0.4, -0.2) is 31.2 Å². The van der Waals surface area contributed by atoms with Crippen molar-refractivity contribution in [1.29, 1.82) is 0 Å². The van der Waals surface area contributed by atoms with Crippen LogP contribution in [0, 0.1) is 11.6 Å². The minimum absolute atomic E-state index is 0.0502. The predicted molar refractivity (Wildman–Crippen MR) is 69.5 cm³/mol. The maximum Gasteiger partial charge on any atom is 0.191 e. The molecule has 1 aromatic rings. The van der Waals surface area contributed by atoms with E-state index in [1.54, 1.807) is 13.8 Å². The average molecular weight is 290 g/mol. The van der Waals surface area contributed by atoms with Crippen molar-refractivity contribution in [2.75, 3.05) is 19.8 Å². The van der Waals surface area contributed by atoms with Crippen molar-refractivity contribution in [2.24, 2.45) is 0 Å². The lowest BCUT2D eigenvalue weighted by molar-refractivity contribution is -0.152. The number of halogens is 2. The fraction of sp³-hybridized carbons (Fsp3) is 0.571. The summed E-state index contributed by atoms with van der Waals surface area (Å²) < 4.78 is 42.7. The standard InChI is InChI=1S/C14H20F2O4/c1-4-18-13(19-5-2)8-20-14-11(9(3)17)6-10(15)7-12(14)16/h6-7,9,13,17H,4-5,8H2,1-3H3. The molecule has 1 atom stereocenters. The second-order valence-electron chi connectivity index (χ2n) is 4.13. The molecule has 0 radical (unpaired) electrons. The number of benzene rings is 1. The van der Waals surface area contributed by atoms with Crippen molar-refractivity contribution in [1.82, 2.24) is 0 Å². The largest absolute Gasteiger partial charge is 0.485 e. The second-order valence-corrected chi connectivity index (χ2v) is 4.13. The van der Waals surface area contributed by atoms with Crippen molar-refractivity contribution < 1.29 is 28.1 Å². The van der Waals surface area contributed by atoms with Crippen LogP contribution in [0.15, 0.2) is 12.1 Å². The van der Waals surface area contributed by atoms with Gasteiger partial charge in [0.1, 0.15) is 12.4 Å². The molecule has 1 aromatic carbocycles. The Hall–Kier alpha value is -1.24. The SMILES string of the molecule is CCOC(COc1c(F)cc(F)cc1C(C)O)OCC. The number of rotatable bonds is 8. The summed E-state index contributed by atoms with van der Waals surface area (Å²) in [5.74, 6) is -1.82. The van der Waals surface area contributed by atoms with Crippen molar-refractivity contribution in [3.8, 4) is 5.75 Å². The van der Waals surface area contributed by atoms with Crippen molar-refractivity contribution >= 4 is 0 Å². The minimum Gasteiger partial charge on any atom is -0.485 e. The highest BCUT2D eigenvalue weighted by molar-refractivity contribution is 5.37. The molecule has 1 unspecified atom stereocenters. The highest BCUT2D eigenvalue weighted by atomic mass is 19.1. The summed E-state index contributed by atoms with van der Waals surface area (Å²) in [5.41, 5.74) is 0.0502. The molecule has 0 saturated carbocycles. The van der Waals surface area contributed by atoms with E-state index < -0.39 is 24.0 Å². The molecule has 0 aliphatic rings. The topological polar surface area (TPSA) is 47.9 Å². The molecule has 0 aliphatic carbocycles. The highest BCUT2D eigenvalue weighted by Crippen LogP contribution is 2.29. The van der Waals surface area contributed by atoms with Crippen LogP contribution in [0.1, 0.15) is 32.4 Å². The fourth-order valence-electron chi connectivity index (χ4n) is 1.71. The molecular weight excluding hydrogens is 270 g/mol. The molecule has 0 aromatic heterocycles. The van der Waals surface area contributed by atoms with Crippen molar-refractivity contribution in [2.45, 2.75) is 33.2 Å². The number of hydrogen-bond acceptors (Lipinski definition) is 4. The van der Waals surface area contributed by atoms with Gasteiger partial charge in [0.25, 0.3) is 0 Å². The van der Waals surface area contributed by atoms with Gasteiger partial charge in [0.2, 0.25) is 0 Å². The summed E-state index contributed by atoms with van der Waals surface area (Å²) in [5, 5.41) is 9.55. The minimum atomic E-state index is -1.05. The van der Waals surface area contributed by atoms with Crippen LogP contribution in [0.3, 0.4) is 0 Å². The maximum atomic E-state index is 13.7. The Kier molecular flexibility index (Phi) is 6.84. The molecule has 0 fully saturated rings. The third-order valence-electron chi connectivity index (χ3n) is 2.56. The van der Waals surface area contributed by atoms with Gasteiger partial charge in [-0.3, -0.25) is 0 Å². The molecule has 0 spiro atoms. The monoisotopic (exact) mass is 290 g/mol. The van der Waals surface area contributed by atoms with E-state index in [4.69, 9.17) is 14.2 Å². The van der Waals surface area contributed by atoms with Crippen molar-refractivity contribution in [3.63, 3.8) is 0 Å². The lowest BCUT2D eigenvalue weighted by atomic mass is 10.1. The molecule has 1 N–H and O–H groups in total. The van der Waals surface area contributed by atoms with Crippen molar-refractivity contribution in [3.05, 3.63) is 29.3 Å². The number of aliphatic hydroxyl groups excluding tert-OH is 1. The van der Waals surface area contributed by atoms with Gasteiger partial charge in [0.15, 0.2) is 17.9 Å². The Bertz CT molecular complexity index is 418. The number of ether oxygens (including phenoxy) is 3. The Labute approximate surface area is 117 Å². The molecule has 0 aliphatic heterocycles. The lowest BCUT2D eigenvalue weighted by Crippen LogP contribution is -2.25. The third kappa shape index (κ3) is 4.70. The van der Waals surface area contributed by atoms with E-state index in [1.807, 2.05) is 0 Å². The van der Waals surface area contributed by atoms with E-state index in [0.717, 1.165) is 6.07 Å². The quantitative estimate of drug-likeness (QED) is 0.748. The van der Waals surface area contributed by atoms with Gasteiger partial charge in [-0.1, -0.05) is 0 Å². The highest BCUT2D eigenvalue weighted by Gasteiger charge is 2.18. The Balaban J connectivity index is 2.85. The normalized spacial score (nSPS) is 12.8. The van der Waals surface area contributed by atoms with Gasteiger partial charge in [-0.25, -0.2) is 8.78 Å². The summed E-state index contributed by atoms with van der Waals surface area (Å²) in [6.07, 6.45) is -1.69. The van der Waals surface area contributed by atoms with Gasteiger partial charge in [-0.05, 0) is 26.8 Å². The van der Waals surface area contributed by atoms with E-state index >= 15 is 0 Å². The van der Waals surface area contributed by atoms with Gasteiger partial charge in [0, 0.05) is 24.8 Å². The zero-order chi connectivity index (χ0) is 15.1. The van der Waals surface area contributed by atoms with E-state index in [9.17, 15) is 13.9 Å². The van der Waals surface area contributed by atoms with Crippen LogP contribution in [0.4, 0.5) is 8.78 Å². The number of aliphatic hydroxyl groups is 1. The first kappa shape index (κ1) is 16.8.